The first-order valence-corrected chi connectivity index (χ1v) is 14.1. The number of benzene rings is 3. The van der Waals surface area contributed by atoms with Gasteiger partial charge >= 0.3 is 6.09 Å². The molecule has 6 rings (SSSR count). The average Bonchev–Trinajstić information content (AvgIpc) is 3.04. The fourth-order valence-corrected chi connectivity index (χ4v) is 4.46. The predicted octanol–water partition coefficient (Wildman–Crippen LogP) is 5.27. The summed E-state index contributed by atoms with van der Waals surface area (Å²) in [6, 6.07) is 15.0. The van der Waals surface area contributed by atoms with Crippen LogP contribution in [0.2, 0.25) is 0 Å². The van der Waals surface area contributed by atoms with E-state index in [-0.39, 0.29) is 36.3 Å². The van der Waals surface area contributed by atoms with E-state index in [2.05, 4.69) is 15.3 Å². The van der Waals surface area contributed by atoms with Gasteiger partial charge in [0.05, 0.1) is 37.3 Å². The molecule has 1 aliphatic heterocycles. The van der Waals surface area contributed by atoms with Gasteiger partial charge in [0, 0.05) is 29.7 Å². The van der Waals surface area contributed by atoms with Crippen LogP contribution in [0.3, 0.4) is 0 Å². The van der Waals surface area contributed by atoms with Crippen LogP contribution in [-0.2, 0) is 9.47 Å². The number of fused-ring (bicyclic) bond motifs is 2. The van der Waals surface area contributed by atoms with Crippen molar-refractivity contribution in [1.82, 2.24) is 14.5 Å². The van der Waals surface area contributed by atoms with Gasteiger partial charge in [0.25, 0.3) is 5.56 Å². The number of hydrogen-bond donors (Lipinski definition) is 1. The summed E-state index contributed by atoms with van der Waals surface area (Å²) in [7, 11) is 0. The van der Waals surface area contributed by atoms with E-state index >= 15 is 4.39 Å². The van der Waals surface area contributed by atoms with E-state index < -0.39 is 23.3 Å². The second-order valence-electron chi connectivity index (χ2n) is 9.70. The van der Waals surface area contributed by atoms with Crippen LogP contribution in [0.5, 0.6) is 28.9 Å². The van der Waals surface area contributed by atoms with E-state index in [0.29, 0.717) is 54.5 Å². The molecule has 236 valence electrons. The van der Waals surface area contributed by atoms with Crippen molar-refractivity contribution in [2.75, 3.05) is 45.0 Å². The van der Waals surface area contributed by atoms with Crippen LogP contribution in [0.25, 0.3) is 16.6 Å². The number of hydrogen-bond acceptors (Lipinski definition) is 10. The van der Waals surface area contributed by atoms with Crippen LogP contribution in [0.1, 0.15) is 0 Å². The molecule has 3 heterocycles. The second kappa shape index (κ2) is 14.0. The second-order valence-corrected chi connectivity index (χ2v) is 9.70. The highest BCUT2D eigenvalue weighted by molar-refractivity contribution is 5.87. The maximum atomic E-state index is 15.2. The van der Waals surface area contributed by atoms with Crippen molar-refractivity contribution in [1.29, 1.82) is 0 Å². The molecule has 1 aliphatic rings. The summed E-state index contributed by atoms with van der Waals surface area (Å²) in [5, 5.41) is 2.82. The van der Waals surface area contributed by atoms with Crippen molar-refractivity contribution in [3.63, 3.8) is 0 Å². The summed E-state index contributed by atoms with van der Waals surface area (Å²) in [6.45, 7) is 2.14. The SMILES string of the molecule is O=C(Nc1ccc(Oc2ncnc3cc4c(cc23)OCCOCCOCCO4)c(F)c1)Oc1cccn(-c2ccc(F)cc2)c1=O. The number of anilines is 1. The van der Waals surface area contributed by atoms with Crippen LogP contribution in [0.15, 0.2) is 84.0 Å². The number of aromatic nitrogens is 3. The maximum Gasteiger partial charge on any atom is 0.417 e. The average molecular weight is 633 g/mol. The Hall–Kier alpha value is -5.60. The molecule has 0 spiro atoms. The molecule has 3 aromatic carbocycles. The Morgan fingerprint density at radius 3 is 2.28 bits per heavy atom. The monoisotopic (exact) mass is 632 g/mol. The quantitative estimate of drug-likeness (QED) is 0.273. The molecule has 5 aromatic rings. The molecule has 1 amide bonds. The smallest absolute Gasteiger partial charge is 0.417 e. The molecule has 2 aromatic heterocycles. The Kier molecular flexibility index (Phi) is 9.27. The molecule has 0 aliphatic carbocycles. The fourth-order valence-electron chi connectivity index (χ4n) is 4.46. The number of carbonyl (C=O) groups is 1. The topological polar surface area (TPSA) is 132 Å². The highest BCUT2D eigenvalue weighted by Crippen LogP contribution is 2.37. The van der Waals surface area contributed by atoms with E-state index in [9.17, 15) is 14.0 Å². The first kappa shape index (κ1) is 30.4. The van der Waals surface area contributed by atoms with Crippen molar-refractivity contribution in [2.24, 2.45) is 0 Å². The zero-order valence-electron chi connectivity index (χ0n) is 24.1. The Morgan fingerprint density at radius 2 is 1.54 bits per heavy atom. The van der Waals surface area contributed by atoms with Gasteiger partial charge in [-0.15, -0.1) is 0 Å². The van der Waals surface area contributed by atoms with E-state index in [4.69, 9.17) is 28.4 Å². The van der Waals surface area contributed by atoms with Gasteiger partial charge in [-0.3, -0.25) is 14.7 Å². The third-order valence-corrected chi connectivity index (χ3v) is 6.61. The van der Waals surface area contributed by atoms with Gasteiger partial charge < -0.3 is 28.4 Å². The lowest BCUT2D eigenvalue weighted by atomic mass is 10.2. The molecule has 0 radical (unpaired) electrons. The van der Waals surface area contributed by atoms with Crippen molar-refractivity contribution in [3.05, 3.63) is 101 Å². The number of amides is 1. The van der Waals surface area contributed by atoms with Crippen molar-refractivity contribution in [2.45, 2.75) is 0 Å². The standard InChI is InChI=1S/C32H26F2N4O8/c33-20-3-6-22(7-4-20)38-9-1-2-27(31(38)39)46-32(40)37-21-5-8-26(24(34)16-21)45-30-23-17-28-29(18-25(23)35-19-36-30)44-15-13-42-11-10-41-12-14-43-28/h1-9,16-19H,10-15H2,(H,37,40). The Balaban J connectivity index is 1.16. The van der Waals surface area contributed by atoms with Gasteiger partial charge in [0.15, 0.2) is 28.8 Å². The molecule has 0 bridgehead atoms. The van der Waals surface area contributed by atoms with E-state index in [1.54, 1.807) is 12.1 Å². The van der Waals surface area contributed by atoms with Crippen LogP contribution in [0, 0.1) is 11.6 Å². The van der Waals surface area contributed by atoms with Crippen LogP contribution in [-0.4, -0.2) is 60.3 Å². The lowest BCUT2D eigenvalue weighted by Crippen LogP contribution is -2.24. The molecule has 12 nitrogen and oxygen atoms in total. The van der Waals surface area contributed by atoms with Gasteiger partial charge in [0.2, 0.25) is 5.88 Å². The van der Waals surface area contributed by atoms with Crippen LogP contribution in [0.4, 0.5) is 19.3 Å². The maximum absolute atomic E-state index is 15.2. The number of nitrogens with zero attached hydrogens (tertiary/aromatic N) is 3. The van der Waals surface area contributed by atoms with Gasteiger partial charge in [-0.05, 0) is 54.6 Å². The number of nitrogens with one attached hydrogen (secondary N) is 1. The summed E-state index contributed by atoms with van der Waals surface area (Å²) in [6.07, 6.45) is 1.69. The van der Waals surface area contributed by atoms with Gasteiger partial charge in [-0.1, -0.05) is 0 Å². The number of ether oxygens (including phenoxy) is 6. The van der Waals surface area contributed by atoms with Gasteiger partial charge in [-0.2, -0.15) is 0 Å². The summed E-state index contributed by atoms with van der Waals surface area (Å²) < 4.78 is 63.3. The van der Waals surface area contributed by atoms with Crippen molar-refractivity contribution >= 4 is 22.7 Å². The lowest BCUT2D eigenvalue weighted by molar-refractivity contribution is 0.0224. The minimum atomic E-state index is -1.03. The molecule has 0 saturated heterocycles. The number of carbonyl (C=O) groups excluding carboxylic acids is 1. The minimum absolute atomic E-state index is 0.0361. The lowest BCUT2D eigenvalue weighted by Gasteiger charge is -2.16. The molecule has 0 unspecified atom stereocenters. The predicted molar refractivity (Wildman–Crippen MR) is 160 cm³/mol. The van der Waals surface area contributed by atoms with Crippen LogP contribution >= 0.6 is 0 Å². The Morgan fingerprint density at radius 1 is 0.826 bits per heavy atom. The summed E-state index contributed by atoms with van der Waals surface area (Å²) in [5.41, 5.74) is 0.228. The van der Waals surface area contributed by atoms with Gasteiger partial charge in [0.1, 0.15) is 25.4 Å². The first-order chi connectivity index (χ1) is 22.4. The third kappa shape index (κ3) is 7.20. The molecule has 0 atom stereocenters. The molecule has 0 fully saturated rings. The molecule has 14 heteroatoms. The Bertz CT molecular complexity index is 1920. The van der Waals surface area contributed by atoms with Crippen molar-refractivity contribution < 1.29 is 42.0 Å². The summed E-state index contributed by atoms with van der Waals surface area (Å²) in [4.78, 5) is 33.8. The van der Waals surface area contributed by atoms with Gasteiger partial charge in [-0.25, -0.2) is 23.5 Å². The molecule has 46 heavy (non-hydrogen) atoms. The minimum Gasteiger partial charge on any atom is -0.487 e. The third-order valence-electron chi connectivity index (χ3n) is 6.61. The molecular weight excluding hydrogens is 606 g/mol. The van der Waals surface area contributed by atoms with Crippen LogP contribution < -0.4 is 29.8 Å². The number of pyridine rings is 1. The summed E-state index contributed by atoms with van der Waals surface area (Å²) in [5.74, 6) is -0.845. The highest BCUT2D eigenvalue weighted by atomic mass is 19.1. The largest absolute Gasteiger partial charge is 0.487 e. The number of halogens is 2. The fraction of sp³-hybridized carbons (Fsp3) is 0.188. The molecule has 0 saturated carbocycles. The highest BCUT2D eigenvalue weighted by Gasteiger charge is 2.17. The normalized spacial score (nSPS) is 13.7. The van der Waals surface area contributed by atoms with Crippen molar-refractivity contribution in [3.8, 4) is 34.6 Å². The molecular formula is C32H26F2N4O8. The van der Waals surface area contributed by atoms with E-state index in [1.807, 2.05) is 0 Å². The Labute approximate surface area is 260 Å². The zero-order valence-corrected chi connectivity index (χ0v) is 24.1. The number of rotatable bonds is 5. The zero-order chi connectivity index (χ0) is 31.9. The molecule has 1 N–H and O–H groups in total. The first-order valence-electron chi connectivity index (χ1n) is 14.1. The summed E-state index contributed by atoms with van der Waals surface area (Å²) >= 11 is 0. The van der Waals surface area contributed by atoms with E-state index in [0.717, 1.165) is 6.07 Å². The van der Waals surface area contributed by atoms with E-state index in [1.165, 1.54) is 65.6 Å².